The number of rotatable bonds is 39. The van der Waals surface area contributed by atoms with Crippen LogP contribution in [0.4, 0.5) is 0 Å². The lowest BCUT2D eigenvalue weighted by Crippen LogP contribution is -2.43. The third-order valence-corrected chi connectivity index (χ3v) is 9.74. The lowest BCUT2D eigenvalue weighted by molar-refractivity contribution is -0.147. The van der Waals surface area contributed by atoms with E-state index in [-0.39, 0.29) is 12.8 Å². The fraction of sp³-hybridized carbons (Fsp3) is 0.705. The van der Waals surface area contributed by atoms with Crippen LogP contribution < -0.4 is 5.32 Å². The van der Waals surface area contributed by atoms with Crippen LogP contribution >= 0.6 is 7.82 Å². The number of allylic oxidation sites excluding steroid dienone is 10. The first kappa shape index (κ1) is 53.2. The number of carbonyl (C=O) groups is 3. The average molecular weight is 810 g/mol. The Hall–Kier alpha value is -2.82. The highest BCUT2D eigenvalue weighted by Gasteiger charge is 2.28. The Morgan fingerprint density at radius 3 is 1.55 bits per heavy atom. The summed E-state index contributed by atoms with van der Waals surface area (Å²) in [4.78, 5) is 45.9. The van der Waals surface area contributed by atoms with Crippen molar-refractivity contribution in [2.24, 2.45) is 0 Å². The first-order valence-electron chi connectivity index (χ1n) is 21.3. The fourth-order valence-electron chi connectivity index (χ4n) is 5.48. The first-order chi connectivity index (χ1) is 27.1. The highest BCUT2D eigenvalue weighted by molar-refractivity contribution is 7.47. The third-order valence-electron chi connectivity index (χ3n) is 8.79. The number of unbranched alkanes of at least 4 members (excludes halogenated alkanes) is 15. The molecular formula is C44H76NO10P. The Morgan fingerprint density at radius 1 is 0.589 bits per heavy atom. The Kier molecular flexibility index (Phi) is 37.1. The minimum atomic E-state index is -4.76. The van der Waals surface area contributed by atoms with Gasteiger partial charge in [0.15, 0.2) is 6.04 Å². The summed E-state index contributed by atoms with van der Waals surface area (Å²) in [5.41, 5.74) is 0. The molecule has 0 aromatic rings. The standard InChI is InChI=1S/C44H76NO10P/c1-3-5-7-9-11-13-15-17-19-20-22-23-25-27-29-31-33-35-42(47)45-41(44(49)50)39-55-56(51,52)54-38-40(46)37-53-43(48)36-34-32-30-28-26-24-21-18-16-14-12-10-8-6-4-2/h5,7,11-14,17-19,21,40-41,46H,3-4,6,8-10,15-16,20,22-39H2,1-2H3,(H,45,47)(H,49,50)(H,51,52)/b7-5-,13-11-,14-12-,19-17-,21-18-. The van der Waals surface area contributed by atoms with Crippen molar-refractivity contribution in [3.05, 3.63) is 60.8 Å². The van der Waals surface area contributed by atoms with Gasteiger partial charge in [-0.15, -0.1) is 0 Å². The maximum Gasteiger partial charge on any atom is 0.472 e. The normalized spacial score (nSPS) is 14.4. The van der Waals surface area contributed by atoms with Crippen molar-refractivity contribution < 1.29 is 47.8 Å². The number of carboxylic acid groups (broad SMARTS) is 1. The molecule has 56 heavy (non-hydrogen) atoms. The molecule has 0 aromatic carbocycles. The molecule has 0 aliphatic rings. The van der Waals surface area contributed by atoms with Gasteiger partial charge in [0.25, 0.3) is 0 Å². The molecule has 0 heterocycles. The molecule has 3 atom stereocenters. The summed E-state index contributed by atoms with van der Waals surface area (Å²) in [5.74, 6) is -2.41. The second kappa shape index (κ2) is 39.0. The minimum Gasteiger partial charge on any atom is -0.480 e. The third kappa shape index (κ3) is 38.1. The van der Waals surface area contributed by atoms with Gasteiger partial charge in [0.1, 0.15) is 12.7 Å². The van der Waals surface area contributed by atoms with Crippen LogP contribution in [-0.2, 0) is 32.7 Å². The molecule has 4 N–H and O–H groups in total. The van der Waals surface area contributed by atoms with Crippen LogP contribution in [0.1, 0.15) is 168 Å². The van der Waals surface area contributed by atoms with E-state index in [9.17, 15) is 34.1 Å². The largest absolute Gasteiger partial charge is 0.480 e. The van der Waals surface area contributed by atoms with Gasteiger partial charge < -0.3 is 25.2 Å². The summed E-state index contributed by atoms with van der Waals surface area (Å²) in [6.07, 6.45) is 43.8. The maximum atomic E-state index is 12.3. The number of ether oxygens (including phenoxy) is 1. The van der Waals surface area contributed by atoms with E-state index >= 15 is 0 Å². The summed E-state index contributed by atoms with van der Waals surface area (Å²) in [7, 11) is -4.76. The number of hydrogen-bond donors (Lipinski definition) is 4. The molecule has 0 aliphatic heterocycles. The zero-order valence-electron chi connectivity index (χ0n) is 34.7. The van der Waals surface area contributed by atoms with Gasteiger partial charge in [-0.25, -0.2) is 9.36 Å². The van der Waals surface area contributed by atoms with Gasteiger partial charge in [0.2, 0.25) is 5.91 Å². The number of nitrogens with one attached hydrogen (secondary N) is 1. The predicted octanol–water partition coefficient (Wildman–Crippen LogP) is 10.8. The molecule has 0 saturated carbocycles. The molecule has 11 nitrogen and oxygen atoms in total. The van der Waals surface area contributed by atoms with Gasteiger partial charge in [-0.05, 0) is 77.0 Å². The molecule has 0 aromatic heterocycles. The van der Waals surface area contributed by atoms with Gasteiger partial charge >= 0.3 is 19.8 Å². The summed E-state index contributed by atoms with van der Waals surface area (Å²) in [6, 6.07) is -1.56. The van der Waals surface area contributed by atoms with E-state index in [1.807, 2.05) is 0 Å². The first-order valence-corrected chi connectivity index (χ1v) is 22.8. The zero-order valence-corrected chi connectivity index (χ0v) is 35.6. The molecule has 0 rings (SSSR count). The molecule has 0 saturated heterocycles. The van der Waals surface area contributed by atoms with Gasteiger partial charge in [-0.3, -0.25) is 18.6 Å². The molecule has 3 unspecified atom stereocenters. The summed E-state index contributed by atoms with van der Waals surface area (Å²) in [6.45, 7) is 2.42. The molecule has 0 fully saturated rings. The number of amides is 1. The van der Waals surface area contributed by atoms with Crippen LogP contribution in [0, 0.1) is 0 Å². The van der Waals surface area contributed by atoms with E-state index in [1.165, 1.54) is 19.3 Å². The quantitative estimate of drug-likeness (QED) is 0.0203. The van der Waals surface area contributed by atoms with Crippen LogP contribution in [0.5, 0.6) is 0 Å². The lowest BCUT2D eigenvalue weighted by Gasteiger charge is -2.18. The summed E-state index contributed by atoms with van der Waals surface area (Å²) < 4.78 is 26.8. The number of aliphatic hydroxyl groups is 1. The van der Waals surface area contributed by atoms with Crippen molar-refractivity contribution >= 4 is 25.7 Å². The number of hydrogen-bond acceptors (Lipinski definition) is 8. The van der Waals surface area contributed by atoms with Crippen molar-refractivity contribution in [2.75, 3.05) is 19.8 Å². The Morgan fingerprint density at radius 2 is 1.04 bits per heavy atom. The second-order valence-corrected chi connectivity index (χ2v) is 15.6. The van der Waals surface area contributed by atoms with E-state index in [1.54, 1.807) is 0 Å². The molecule has 1 amide bonds. The zero-order chi connectivity index (χ0) is 41.4. The lowest BCUT2D eigenvalue weighted by atomic mass is 10.1. The predicted molar refractivity (Wildman–Crippen MR) is 226 cm³/mol. The topological polar surface area (TPSA) is 169 Å². The average Bonchev–Trinajstić information content (AvgIpc) is 3.17. The van der Waals surface area contributed by atoms with Gasteiger partial charge in [0, 0.05) is 12.8 Å². The van der Waals surface area contributed by atoms with Crippen molar-refractivity contribution in [3.63, 3.8) is 0 Å². The van der Waals surface area contributed by atoms with Gasteiger partial charge in [-0.2, -0.15) is 0 Å². The number of aliphatic hydroxyl groups excluding tert-OH is 1. The Bertz CT molecular complexity index is 1180. The van der Waals surface area contributed by atoms with Crippen LogP contribution in [0.3, 0.4) is 0 Å². The van der Waals surface area contributed by atoms with Crippen LogP contribution in [0.15, 0.2) is 60.8 Å². The smallest absolute Gasteiger partial charge is 0.472 e. The number of phosphoric acid groups is 1. The van der Waals surface area contributed by atoms with Gasteiger partial charge in [-0.1, -0.05) is 139 Å². The molecule has 0 radical (unpaired) electrons. The Labute approximate surface area is 338 Å². The van der Waals surface area contributed by atoms with Crippen LogP contribution in [-0.4, -0.2) is 64.9 Å². The molecule has 0 bridgehead atoms. The summed E-state index contributed by atoms with van der Waals surface area (Å²) >= 11 is 0. The molecular weight excluding hydrogens is 733 g/mol. The Balaban J connectivity index is 3.96. The maximum absolute atomic E-state index is 12.3. The highest BCUT2D eigenvalue weighted by atomic mass is 31.2. The molecule has 0 spiro atoms. The minimum absolute atomic E-state index is 0.131. The van der Waals surface area contributed by atoms with E-state index in [0.29, 0.717) is 12.8 Å². The number of phosphoric ester groups is 1. The second-order valence-electron chi connectivity index (χ2n) is 14.1. The monoisotopic (exact) mass is 810 g/mol. The van der Waals surface area contributed by atoms with Crippen molar-refractivity contribution in [3.8, 4) is 0 Å². The van der Waals surface area contributed by atoms with E-state index < -0.39 is 57.6 Å². The van der Waals surface area contributed by atoms with Gasteiger partial charge in [0.05, 0.1) is 13.2 Å². The van der Waals surface area contributed by atoms with Crippen LogP contribution in [0.25, 0.3) is 0 Å². The molecule has 12 heteroatoms. The van der Waals surface area contributed by atoms with Crippen molar-refractivity contribution in [1.82, 2.24) is 5.32 Å². The van der Waals surface area contributed by atoms with E-state index in [2.05, 4.69) is 79.9 Å². The van der Waals surface area contributed by atoms with Crippen molar-refractivity contribution in [2.45, 2.75) is 180 Å². The van der Waals surface area contributed by atoms with E-state index in [0.717, 1.165) is 109 Å². The van der Waals surface area contributed by atoms with Crippen molar-refractivity contribution in [1.29, 1.82) is 0 Å². The fourth-order valence-corrected chi connectivity index (χ4v) is 6.25. The number of aliphatic carboxylic acids is 1. The highest BCUT2D eigenvalue weighted by Crippen LogP contribution is 2.43. The number of carbonyl (C=O) groups excluding carboxylic acids is 2. The molecule has 322 valence electrons. The van der Waals surface area contributed by atoms with E-state index in [4.69, 9.17) is 13.8 Å². The SMILES string of the molecule is CC/C=C\C/C=C\C/C=C\CCCCCCCCCC(=O)NC(COP(=O)(O)OCC(O)COC(=O)CCCCCCC/C=C\C/C=C\CCCCC)C(=O)O. The molecule has 0 aliphatic carbocycles. The van der Waals surface area contributed by atoms with Crippen LogP contribution in [0.2, 0.25) is 0 Å². The number of carboxylic acids is 1. The number of esters is 1. The summed E-state index contributed by atoms with van der Waals surface area (Å²) in [5, 5.41) is 21.8.